The quantitative estimate of drug-likeness (QED) is 0.784. The van der Waals surface area contributed by atoms with Crippen molar-refractivity contribution in [3.05, 3.63) is 76.7 Å². The first-order valence-corrected chi connectivity index (χ1v) is 8.01. The molecule has 0 aliphatic heterocycles. The van der Waals surface area contributed by atoms with E-state index in [0.717, 1.165) is 16.7 Å². The van der Waals surface area contributed by atoms with Crippen LogP contribution in [0.3, 0.4) is 0 Å². The molecular weight excluding hydrogens is 300 g/mol. The van der Waals surface area contributed by atoms with E-state index in [-0.39, 0.29) is 5.56 Å². The van der Waals surface area contributed by atoms with Crippen molar-refractivity contribution in [3.8, 4) is 5.75 Å². The normalized spacial score (nSPS) is 11.6. The van der Waals surface area contributed by atoms with Gasteiger partial charge in [-0.1, -0.05) is 30.3 Å². The van der Waals surface area contributed by atoms with Gasteiger partial charge in [-0.15, -0.1) is 0 Å². The molecule has 3 rings (SSSR count). The molecule has 124 valence electrons. The van der Waals surface area contributed by atoms with E-state index in [1.807, 2.05) is 68.4 Å². The van der Waals surface area contributed by atoms with Gasteiger partial charge in [0.1, 0.15) is 12.4 Å². The highest BCUT2D eigenvalue weighted by atomic mass is 16.5. The lowest BCUT2D eigenvalue weighted by Gasteiger charge is -2.20. The molecule has 0 unspecified atom stereocenters. The molecule has 0 atom stereocenters. The lowest BCUT2D eigenvalue weighted by atomic mass is 10.1. The molecular formula is C20H22N2O2. The highest BCUT2D eigenvalue weighted by Crippen LogP contribution is 2.19. The van der Waals surface area contributed by atoms with Crippen LogP contribution in [0.25, 0.3) is 10.8 Å². The van der Waals surface area contributed by atoms with Crippen molar-refractivity contribution in [2.75, 3.05) is 0 Å². The summed E-state index contributed by atoms with van der Waals surface area (Å²) in [5, 5.41) is 1.55. The molecule has 4 heteroatoms. The molecule has 0 radical (unpaired) electrons. The van der Waals surface area contributed by atoms with Gasteiger partial charge in [-0.05, 0) is 49.1 Å². The van der Waals surface area contributed by atoms with E-state index in [2.05, 4.69) is 0 Å². The van der Waals surface area contributed by atoms with Gasteiger partial charge in [0.25, 0.3) is 5.56 Å². The standard InChI is InChI=1S/C20H22N2O2/c1-20(2,21)14-22-11-10-16-12-17(8-9-18(16)19(22)23)24-13-15-6-4-3-5-7-15/h3-12H,13-14,21H2,1-2H3. The zero-order valence-corrected chi connectivity index (χ0v) is 14.0. The summed E-state index contributed by atoms with van der Waals surface area (Å²) in [5.41, 5.74) is 6.67. The third-order valence-electron chi connectivity index (χ3n) is 3.77. The topological polar surface area (TPSA) is 57.2 Å². The molecule has 24 heavy (non-hydrogen) atoms. The van der Waals surface area contributed by atoms with Gasteiger partial charge in [-0.2, -0.15) is 0 Å². The number of rotatable bonds is 5. The molecule has 2 aromatic carbocycles. The van der Waals surface area contributed by atoms with E-state index >= 15 is 0 Å². The Morgan fingerprint density at radius 1 is 1.08 bits per heavy atom. The number of ether oxygens (including phenoxy) is 1. The van der Waals surface area contributed by atoms with E-state index in [4.69, 9.17) is 10.5 Å². The van der Waals surface area contributed by atoms with Gasteiger partial charge in [0, 0.05) is 23.7 Å². The number of aromatic nitrogens is 1. The summed E-state index contributed by atoms with van der Waals surface area (Å²) >= 11 is 0. The van der Waals surface area contributed by atoms with Gasteiger partial charge in [0.15, 0.2) is 0 Å². The van der Waals surface area contributed by atoms with Crippen LogP contribution in [0.4, 0.5) is 0 Å². The van der Waals surface area contributed by atoms with Gasteiger partial charge >= 0.3 is 0 Å². The first-order chi connectivity index (χ1) is 11.4. The number of fused-ring (bicyclic) bond motifs is 1. The van der Waals surface area contributed by atoms with Crippen molar-refractivity contribution in [1.82, 2.24) is 4.57 Å². The van der Waals surface area contributed by atoms with Crippen LogP contribution in [0, 0.1) is 0 Å². The van der Waals surface area contributed by atoms with E-state index in [1.54, 1.807) is 10.8 Å². The zero-order valence-electron chi connectivity index (χ0n) is 14.0. The molecule has 4 nitrogen and oxygen atoms in total. The molecule has 1 aromatic heterocycles. The summed E-state index contributed by atoms with van der Waals surface area (Å²) in [6, 6.07) is 17.5. The Bertz CT molecular complexity index is 893. The predicted octanol–water partition coefficient (Wildman–Crippen LogP) is 3.32. The first-order valence-electron chi connectivity index (χ1n) is 8.01. The summed E-state index contributed by atoms with van der Waals surface area (Å²) in [5.74, 6) is 0.752. The number of hydrogen-bond donors (Lipinski definition) is 1. The zero-order chi connectivity index (χ0) is 17.2. The Morgan fingerprint density at radius 2 is 1.83 bits per heavy atom. The average molecular weight is 322 g/mol. The highest BCUT2D eigenvalue weighted by Gasteiger charge is 2.13. The number of nitrogens with two attached hydrogens (primary N) is 1. The second-order valence-electron chi connectivity index (χ2n) is 6.76. The molecule has 0 aliphatic rings. The van der Waals surface area contributed by atoms with Crippen molar-refractivity contribution in [3.63, 3.8) is 0 Å². The van der Waals surface area contributed by atoms with Crippen molar-refractivity contribution in [2.45, 2.75) is 32.5 Å². The second-order valence-corrected chi connectivity index (χ2v) is 6.76. The number of hydrogen-bond acceptors (Lipinski definition) is 3. The van der Waals surface area contributed by atoms with Crippen LogP contribution in [0.15, 0.2) is 65.6 Å². The maximum Gasteiger partial charge on any atom is 0.258 e. The van der Waals surface area contributed by atoms with Gasteiger partial charge in [0.2, 0.25) is 0 Å². The van der Waals surface area contributed by atoms with Crippen LogP contribution in [-0.2, 0) is 13.2 Å². The monoisotopic (exact) mass is 322 g/mol. The average Bonchev–Trinajstić information content (AvgIpc) is 2.55. The van der Waals surface area contributed by atoms with Crippen LogP contribution in [0.2, 0.25) is 0 Å². The van der Waals surface area contributed by atoms with E-state index < -0.39 is 5.54 Å². The fourth-order valence-corrected chi connectivity index (χ4v) is 2.66. The van der Waals surface area contributed by atoms with Crippen LogP contribution < -0.4 is 16.0 Å². The SMILES string of the molecule is CC(C)(N)Cn1ccc2cc(OCc3ccccc3)ccc2c1=O. The maximum absolute atomic E-state index is 12.6. The summed E-state index contributed by atoms with van der Waals surface area (Å²) in [6.45, 7) is 4.80. The molecule has 0 saturated carbocycles. The van der Waals surface area contributed by atoms with Crippen molar-refractivity contribution >= 4 is 10.8 Å². The van der Waals surface area contributed by atoms with Gasteiger partial charge in [-0.3, -0.25) is 4.79 Å². The van der Waals surface area contributed by atoms with Crippen molar-refractivity contribution in [1.29, 1.82) is 0 Å². The van der Waals surface area contributed by atoms with Crippen molar-refractivity contribution < 1.29 is 4.74 Å². The lowest BCUT2D eigenvalue weighted by molar-refractivity contribution is 0.306. The second kappa shape index (κ2) is 6.49. The maximum atomic E-state index is 12.6. The number of nitrogens with zero attached hydrogens (tertiary/aromatic N) is 1. The molecule has 3 aromatic rings. The minimum atomic E-state index is -0.434. The molecule has 0 bridgehead atoms. The van der Waals surface area contributed by atoms with Crippen LogP contribution >= 0.6 is 0 Å². The minimum Gasteiger partial charge on any atom is -0.489 e. The Balaban J connectivity index is 1.84. The van der Waals surface area contributed by atoms with Crippen LogP contribution in [0.1, 0.15) is 19.4 Å². The van der Waals surface area contributed by atoms with Gasteiger partial charge in [-0.25, -0.2) is 0 Å². The third kappa shape index (κ3) is 3.84. The molecule has 0 aliphatic carbocycles. The fraction of sp³-hybridized carbons (Fsp3) is 0.250. The molecule has 0 saturated heterocycles. The summed E-state index contributed by atoms with van der Waals surface area (Å²) in [4.78, 5) is 12.6. The molecule has 0 spiro atoms. The largest absolute Gasteiger partial charge is 0.489 e. The fourth-order valence-electron chi connectivity index (χ4n) is 2.66. The van der Waals surface area contributed by atoms with Gasteiger partial charge in [0.05, 0.1) is 0 Å². The van der Waals surface area contributed by atoms with Gasteiger partial charge < -0.3 is 15.0 Å². The molecule has 0 amide bonds. The number of pyridine rings is 1. The Morgan fingerprint density at radius 3 is 2.54 bits per heavy atom. The molecule has 1 heterocycles. The minimum absolute atomic E-state index is 0.0272. The summed E-state index contributed by atoms with van der Waals surface area (Å²) < 4.78 is 7.48. The third-order valence-corrected chi connectivity index (χ3v) is 3.77. The van der Waals surface area contributed by atoms with Crippen molar-refractivity contribution in [2.24, 2.45) is 5.73 Å². The van der Waals surface area contributed by atoms with Crippen LogP contribution in [0.5, 0.6) is 5.75 Å². The Kier molecular flexibility index (Phi) is 4.40. The van der Waals surface area contributed by atoms with Crippen LogP contribution in [-0.4, -0.2) is 10.1 Å². The van der Waals surface area contributed by atoms with E-state index in [1.165, 1.54) is 0 Å². The predicted molar refractivity (Wildman–Crippen MR) is 97.2 cm³/mol. The van der Waals surface area contributed by atoms with E-state index in [9.17, 15) is 4.79 Å². The summed E-state index contributed by atoms with van der Waals surface area (Å²) in [7, 11) is 0. The number of benzene rings is 2. The first kappa shape index (κ1) is 16.3. The Labute approximate surface area is 141 Å². The molecule has 0 fully saturated rings. The lowest BCUT2D eigenvalue weighted by Crippen LogP contribution is -2.40. The van der Waals surface area contributed by atoms with E-state index in [0.29, 0.717) is 18.5 Å². The smallest absolute Gasteiger partial charge is 0.258 e. The summed E-state index contributed by atoms with van der Waals surface area (Å²) in [6.07, 6.45) is 1.79. The highest BCUT2D eigenvalue weighted by molar-refractivity contribution is 5.82. The molecule has 2 N–H and O–H groups in total. The Hall–Kier alpha value is -2.59.